The van der Waals surface area contributed by atoms with Crippen molar-refractivity contribution in [3.63, 3.8) is 0 Å². The van der Waals surface area contributed by atoms with Gasteiger partial charge in [-0.2, -0.15) is 0 Å². The predicted molar refractivity (Wildman–Crippen MR) is 109 cm³/mol. The molecule has 1 unspecified atom stereocenters. The summed E-state index contributed by atoms with van der Waals surface area (Å²) in [4.78, 5) is 11.7. The Balaban J connectivity index is 1.64. The lowest BCUT2D eigenvalue weighted by atomic mass is 9.89. The predicted octanol–water partition coefficient (Wildman–Crippen LogP) is 0.514. The molecule has 168 valence electrons. The molecular formula is C20H30N2O7S. The number of rotatable bonds is 7. The molecule has 3 rings (SSSR count). The van der Waals surface area contributed by atoms with Crippen LogP contribution in [0, 0.1) is 0 Å². The molecule has 0 bridgehead atoms. The van der Waals surface area contributed by atoms with E-state index in [1.807, 2.05) is 16.9 Å². The first-order chi connectivity index (χ1) is 14.1. The van der Waals surface area contributed by atoms with E-state index in [0.717, 1.165) is 18.4 Å². The fourth-order valence-electron chi connectivity index (χ4n) is 3.44. The summed E-state index contributed by atoms with van der Waals surface area (Å²) in [5.74, 6) is -0.152. The number of hydrogen-bond donors (Lipinski definition) is 5. The minimum atomic E-state index is -3.95. The van der Waals surface area contributed by atoms with Gasteiger partial charge in [0.15, 0.2) is 0 Å². The molecule has 10 heteroatoms. The largest absolute Gasteiger partial charge is 0.388 e. The maximum absolute atomic E-state index is 12.2. The number of ether oxygens (including phenoxy) is 1. The molecule has 5 N–H and O–H groups in total. The van der Waals surface area contributed by atoms with Crippen molar-refractivity contribution >= 4 is 16.1 Å². The molecule has 0 radical (unpaired) electrons. The first-order valence-electron chi connectivity index (χ1n) is 10.2. The van der Waals surface area contributed by atoms with Crippen LogP contribution in [0.15, 0.2) is 24.3 Å². The zero-order chi connectivity index (χ0) is 22.1. The second-order valence-electron chi connectivity index (χ2n) is 8.35. The molecular weight excluding hydrogens is 412 g/mol. The molecule has 2 aliphatic rings. The van der Waals surface area contributed by atoms with Gasteiger partial charge in [-0.05, 0) is 36.3 Å². The minimum Gasteiger partial charge on any atom is -0.388 e. The highest BCUT2D eigenvalue weighted by Gasteiger charge is 2.44. The molecule has 1 saturated carbocycles. The quantitative estimate of drug-likeness (QED) is 0.414. The van der Waals surface area contributed by atoms with E-state index < -0.39 is 52.3 Å². The fraction of sp³-hybridized carbons (Fsp3) is 0.650. The monoisotopic (exact) mass is 442 g/mol. The Morgan fingerprint density at radius 2 is 1.73 bits per heavy atom. The van der Waals surface area contributed by atoms with E-state index in [2.05, 4.69) is 19.2 Å². The standard InChI is InChI=1S/C20H30N2O7S/c1-11(2)12-3-5-13(6-4-12)19-18(25)17(24)16(23)15(29-19)9-10-30(27,28)22-20(26)21-14-7-8-14/h3-6,11,14-19,23-25H,7-10H2,1-2H3,(H2,21,22,26)/t15-,16-,17+,18+,19?/m1/s1. The van der Waals surface area contributed by atoms with Crippen molar-refractivity contribution in [2.45, 2.75) is 75.6 Å². The van der Waals surface area contributed by atoms with Crippen LogP contribution in [0.5, 0.6) is 0 Å². The van der Waals surface area contributed by atoms with Crippen molar-refractivity contribution in [3.05, 3.63) is 35.4 Å². The van der Waals surface area contributed by atoms with Gasteiger partial charge in [0, 0.05) is 6.04 Å². The van der Waals surface area contributed by atoms with Crippen LogP contribution in [0.2, 0.25) is 0 Å². The third-order valence-electron chi connectivity index (χ3n) is 5.48. The molecule has 5 atom stereocenters. The SMILES string of the molecule is CC(C)c1ccc(C2O[C@H](CCS(=O)(=O)NC(=O)NC3CC3)[C@@H](O)[C@H](O)[C@@H]2O)cc1. The normalized spacial score (nSPS) is 29.6. The van der Waals surface area contributed by atoms with Crippen molar-refractivity contribution in [2.24, 2.45) is 0 Å². The number of carbonyl (C=O) groups excluding carboxylic acids is 1. The van der Waals surface area contributed by atoms with E-state index >= 15 is 0 Å². The molecule has 1 aliphatic carbocycles. The average Bonchev–Trinajstić information content (AvgIpc) is 3.49. The maximum atomic E-state index is 12.2. The number of hydrogen-bond acceptors (Lipinski definition) is 7. The van der Waals surface area contributed by atoms with Crippen LogP contribution < -0.4 is 10.0 Å². The van der Waals surface area contributed by atoms with Gasteiger partial charge in [-0.25, -0.2) is 17.9 Å². The van der Waals surface area contributed by atoms with Gasteiger partial charge in [0.1, 0.15) is 24.4 Å². The van der Waals surface area contributed by atoms with Gasteiger partial charge in [-0.1, -0.05) is 38.1 Å². The number of amides is 2. The molecule has 9 nitrogen and oxygen atoms in total. The van der Waals surface area contributed by atoms with Crippen LogP contribution in [-0.2, 0) is 14.8 Å². The van der Waals surface area contributed by atoms with Crippen LogP contribution >= 0.6 is 0 Å². The van der Waals surface area contributed by atoms with Crippen molar-refractivity contribution in [2.75, 3.05) is 5.75 Å². The maximum Gasteiger partial charge on any atom is 0.328 e. The number of sulfonamides is 1. The lowest BCUT2D eigenvalue weighted by Crippen LogP contribution is -2.54. The molecule has 1 saturated heterocycles. The first-order valence-corrected chi connectivity index (χ1v) is 11.8. The van der Waals surface area contributed by atoms with E-state index in [1.54, 1.807) is 12.1 Å². The minimum absolute atomic E-state index is 0.0168. The molecule has 0 spiro atoms. The van der Waals surface area contributed by atoms with Gasteiger partial charge in [0.25, 0.3) is 0 Å². The molecule has 30 heavy (non-hydrogen) atoms. The van der Waals surface area contributed by atoms with Gasteiger partial charge in [0.05, 0.1) is 11.9 Å². The number of urea groups is 1. The number of carbonyl (C=O) groups is 1. The smallest absolute Gasteiger partial charge is 0.328 e. The van der Waals surface area contributed by atoms with Crippen molar-refractivity contribution in [3.8, 4) is 0 Å². The highest BCUT2D eigenvalue weighted by molar-refractivity contribution is 7.90. The Kier molecular flexibility index (Phi) is 7.03. The zero-order valence-electron chi connectivity index (χ0n) is 17.1. The summed E-state index contributed by atoms with van der Waals surface area (Å²) in [6.07, 6.45) is -4.75. The average molecular weight is 443 g/mol. The van der Waals surface area contributed by atoms with E-state index in [4.69, 9.17) is 4.74 Å². The van der Waals surface area contributed by atoms with Crippen molar-refractivity contribution < 1.29 is 33.3 Å². The van der Waals surface area contributed by atoms with Crippen LogP contribution in [0.1, 0.15) is 56.3 Å². The lowest BCUT2D eigenvalue weighted by molar-refractivity contribution is -0.224. The number of aliphatic hydroxyl groups excluding tert-OH is 3. The van der Waals surface area contributed by atoms with Gasteiger partial charge in [-0.3, -0.25) is 0 Å². The van der Waals surface area contributed by atoms with Gasteiger partial charge in [-0.15, -0.1) is 0 Å². The molecule has 0 aromatic heterocycles. The second kappa shape index (κ2) is 9.19. The molecule has 1 aliphatic heterocycles. The molecule has 2 amide bonds. The Bertz CT molecular complexity index is 839. The summed E-state index contributed by atoms with van der Waals surface area (Å²) in [6, 6.07) is 6.60. The Hall–Kier alpha value is -1.72. The second-order valence-corrected chi connectivity index (χ2v) is 10.2. The lowest BCUT2D eigenvalue weighted by Gasteiger charge is -2.41. The fourth-order valence-corrected chi connectivity index (χ4v) is 4.43. The third-order valence-corrected chi connectivity index (χ3v) is 6.75. The first kappa shape index (κ1) is 23.0. The van der Waals surface area contributed by atoms with Crippen LogP contribution in [0.25, 0.3) is 0 Å². The van der Waals surface area contributed by atoms with Gasteiger partial charge < -0.3 is 25.4 Å². The summed E-state index contributed by atoms with van der Waals surface area (Å²) in [5, 5.41) is 33.4. The van der Waals surface area contributed by atoms with E-state index in [9.17, 15) is 28.5 Å². The Labute approximate surface area is 176 Å². The zero-order valence-corrected chi connectivity index (χ0v) is 17.9. The molecule has 1 aromatic rings. The van der Waals surface area contributed by atoms with E-state index in [1.165, 1.54) is 0 Å². The summed E-state index contributed by atoms with van der Waals surface area (Å²) in [7, 11) is -3.95. The summed E-state index contributed by atoms with van der Waals surface area (Å²) < 4.78 is 32.1. The van der Waals surface area contributed by atoms with E-state index in [0.29, 0.717) is 11.5 Å². The van der Waals surface area contributed by atoms with Crippen molar-refractivity contribution in [1.82, 2.24) is 10.0 Å². The topological polar surface area (TPSA) is 145 Å². The van der Waals surface area contributed by atoms with Gasteiger partial charge >= 0.3 is 6.03 Å². The van der Waals surface area contributed by atoms with Crippen LogP contribution in [-0.4, -0.2) is 66.0 Å². The third kappa shape index (κ3) is 5.70. The number of benzene rings is 1. The Morgan fingerprint density at radius 3 is 2.30 bits per heavy atom. The summed E-state index contributed by atoms with van der Waals surface area (Å²) in [5.41, 5.74) is 1.72. The Morgan fingerprint density at radius 1 is 1.10 bits per heavy atom. The summed E-state index contributed by atoms with van der Waals surface area (Å²) in [6.45, 7) is 4.10. The number of nitrogens with one attached hydrogen (secondary N) is 2. The van der Waals surface area contributed by atoms with Crippen molar-refractivity contribution in [1.29, 1.82) is 0 Å². The highest BCUT2D eigenvalue weighted by atomic mass is 32.2. The highest BCUT2D eigenvalue weighted by Crippen LogP contribution is 2.34. The van der Waals surface area contributed by atoms with Gasteiger partial charge in [0.2, 0.25) is 10.0 Å². The van der Waals surface area contributed by atoms with E-state index in [-0.39, 0.29) is 12.5 Å². The number of aliphatic hydroxyl groups is 3. The molecule has 2 fully saturated rings. The molecule has 1 aromatic carbocycles. The summed E-state index contributed by atoms with van der Waals surface area (Å²) >= 11 is 0. The van der Waals surface area contributed by atoms with Crippen LogP contribution in [0.3, 0.4) is 0 Å². The van der Waals surface area contributed by atoms with Crippen LogP contribution in [0.4, 0.5) is 4.79 Å². The molecule has 1 heterocycles.